The van der Waals surface area contributed by atoms with Crippen LogP contribution in [0.2, 0.25) is 0 Å². The zero-order chi connectivity index (χ0) is 7.72. The lowest BCUT2D eigenvalue weighted by Gasteiger charge is -2.17. The Morgan fingerprint density at radius 2 is 2.20 bits per heavy atom. The lowest BCUT2D eigenvalue weighted by molar-refractivity contribution is 0.266. The Hall–Kier alpha value is 0.580. The Kier molecular flexibility index (Phi) is 2.88. The molecule has 0 bridgehead atoms. The SMILES string of the molecule is CN1CC(F)C(N(C)I)C1. The van der Waals surface area contributed by atoms with Crippen molar-refractivity contribution in [3.05, 3.63) is 0 Å². The minimum atomic E-state index is -0.674. The van der Waals surface area contributed by atoms with Crippen LogP contribution < -0.4 is 0 Å². The predicted molar refractivity (Wildman–Crippen MR) is 48.0 cm³/mol. The van der Waals surface area contributed by atoms with E-state index in [-0.39, 0.29) is 6.04 Å². The molecule has 1 rings (SSSR count). The fraction of sp³-hybridized carbons (Fsp3) is 1.00. The van der Waals surface area contributed by atoms with Gasteiger partial charge in [-0.2, -0.15) is 0 Å². The molecule has 1 saturated heterocycles. The number of hydrogen-bond donors (Lipinski definition) is 0. The van der Waals surface area contributed by atoms with Crippen LogP contribution in [0.5, 0.6) is 0 Å². The van der Waals surface area contributed by atoms with Crippen molar-refractivity contribution >= 4 is 22.9 Å². The molecule has 0 aromatic heterocycles. The number of likely N-dealkylation sites (tertiary alicyclic amines) is 1. The van der Waals surface area contributed by atoms with Crippen LogP contribution in [0.25, 0.3) is 0 Å². The van der Waals surface area contributed by atoms with Gasteiger partial charge in [0, 0.05) is 36.0 Å². The van der Waals surface area contributed by atoms with Crippen LogP contribution >= 0.6 is 22.9 Å². The standard InChI is InChI=1S/C6H12FIN2/c1-9-3-5(7)6(4-9)10(2)8/h5-6H,3-4H2,1-2H3. The lowest BCUT2D eigenvalue weighted by atomic mass is 10.2. The monoisotopic (exact) mass is 258 g/mol. The van der Waals surface area contributed by atoms with E-state index in [0.29, 0.717) is 6.54 Å². The molecule has 1 aliphatic rings. The molecule has 0 aliphatic carbocycles. The molecule has 2 atom stereocenters. The van der Waals surface area contributed by atoms with Crippen LogP contribution in [0.4, 0.5) is 4.39 Å². The van der Waals surface area contributed by atoms with E-state index in [4.69, 9.17) is 0 Å². The molecule has 0 saturated carbocycles. The maximum absolute atomic E-state index is 13.0. The van der Waals surface area contributed by atoms with Gasteiger partial charge in [-0.1, -0.05) is 0 Å². The highest BCUT2D eigenvalue weighted by molar-refractivity contribution is 14.1. The number of alkyl halides is 1. The van der Waals surface area contributed by atoms with Gasteiger partial charge in [-0.15, -0.1) is 0 Å². The maximum atomic E-state index is 13.0. The maximum Gasteiger partial charge on any atom is 0.130 e. The summed E-state index contributed by atoms with van der Waals surface area (Å²) in [7, 11) is 3.86. The van der Waals surface area contributed by atoms with Gasteiger partial charge in [0.2, 0.25) is 0 Å². The summed E-state index contributed by atoms with van der Waals surface area (Å²) in [6.45, 7) is 1.43. The van der Waals surface area contributed by atoms with E-state index in [9.17, 15) is 4.39 Å². The number of hydrogen-bond acceptors (Lipinski definition) is 2. The molecule has 0 aromatic carbocycles. The minimum absolute atomic E-state index is 0.0885. The Morgan fingerprint density at radius 1 is 1.60 bits per heavy atom. The average Bonchev–Trinajstić information content (AvgIpc) is 2.10. The summed E-state index contributed by atoms with van der Waals surface area (Å²) < 4.78 is 14.9. The number of likely N-dealkylation sites (N-methyl/N-ethyl adjacent to an activating group) is 2. The largest absolute Gasteiger partial charge is 0.302 e. The van der Waals surface area contributed by atoms with Crippen molar-refractivity contribution in [3.63, 3.8) is 0 Å². The smallest absolute Gasteiger partial charge is 0.130 e. The number of rotatable bonds is 1. The van der Waals surface area contributed by atoms with Crippen LogP contribution in [0, 0.1) is 0 Å². The summed E-state index contributed by atoms with van der Waals surface area (Å²) in [5, 5.41) is 0. The summed E-state index contributed by atoms with van der Waals surface area (Å²) in [4.78, 5) is 2.02. The highest BCUT2D eigenvalue weighted by atomic mass is 127. The summed E-state index contributed by atoms with van der Waals surface area (Å²) in [6.07, 6.45) is -0.674. The summed E-state index contributed by atoms with van der Waals surface area (Å²) in [5.74, 6) is 0. The number of nitrogens with zero attached hydrogens (tertiary/aromatic N) is 2. The fourth-order valence-corrected chi connectivity index (χ4v) is 1.79. The third-order valence-corrected chi connectivity index (χ3v) is 2.57. The Morgan fingerprint density at radius 3 is 2.40 bits per heavy atom. The molecule has 0 amide bonds. The van der Waals surface area contributed by atoms with E-state index < -0.39 is 6.17 Å². The van der Waals surface area contributed by atoms with E-state index in [0.717, 1.165) is 6.54 Å². The van der Waals surface area contributed by atoms with Crippen LogP contribution in [0.1, 0.15) is 0 Å². The van der Waals surface area contributed by atoms with Gasteiger partial charge in [-0.25, -0.2) is 7.50 Å². The second-order valence-corrected chi connectivity index (χ2v) is 4.35. The first-order chi connectivity index (χ1) is 4.61. The van der Waals surface area contributed by atoms with Crippen molar-refractivity contribution in [2.45, 2.75) is 12.2 Å². The van der Waals surface area contributed by atoms with Crippen LogP contribution in [0.15, 0.2) is 0 Å². The second kappa shape index (κ2) is 3.32. The molecule has 2 nitrogen and oxygen atoms in total. The molecule has 1 fully saturated rings. The summed E-state index contributed by atoms with van der Waals surface area (Å²) in [5.41, 5.74) is 0. The topological polar surface area (TPSA) is 6.48 Å². The third kappa shape index (κ3) is 1.79. The van der Waals surface area contributed by atoms with Crippen LogP contribution in [-0.4, -0.2) is 47.4 Å². The van der Waals surface area contributed by atoms with E-state index in [1.165, 1.54) is 0 Å². The van der Waals surface area contributed by atoms with Crippen molar-refractivity contribution in [2.75, 3.05) is 27.2 Å². The first-order valence-corrected chi connectivity index (χ1v) is 4.29. The lowest BCUT2D eigenvalue weighted by Crippen LogP contribution is -2.31. The van der Waals surface area contributed by atoms with Gasteiger partial charge < -0.3 is 4.90 Å². The Balaban J connectivity index is 2.46. The molecule has 60 valence electrons. The van der Waals surface area contributed by atoms with Crippen LogP contribution in [-0.2, 0) is 0 Å². The first-order valence-electron chi connectivity index (χ1n) is 3.32. The predicted octanol–water partition coefficient (Wildman–Crippen LogP) is 0.920. The van der Waals surface area contributed by atoms with Crippen molar-refractivity contribution in [1.82, 2.24) is 8.01 Å². The van der Waals surface area contributed by atoms with Gasteiger partial charge in [0.05, 0.1) is 6.04 Å². The molecular formula is C6H12FIN2. The molecule has 1 heterocycles. The van der Waals surface area contributed by atoms with Gasteiger partial charge in [0.15, 0.2) is 0 Å². The third-order valence-electron chi connectivity index (χ3n) is 1.86. The van der Waals surface area contributed by atoms with Crippen molar-refractivity contribution in [3.8, 4) is 0 Å². The molecule has 0 radical (unpaired) electrons. The molecule has 10 heavy (non-hydrogen) atoms. The fourth-order valence-electron chi connectivity index (χ4n) is 1.26. The van der Waals surface area contributed by atoms with Gasteiger partial charge in [-0.05, 0) is 14.1 Å². The quantitative estimate of drug-likeness (QED) is 0.509. The van der Waals surface area contributed by atoms with E-state index >= 15 is 0 Å². The summed E-state index contributed by atoms with van der Waals surface area (Å²) >= 11 is 2.14. The second-order valence-electron chi connectivity index (χ2n) is 2.83. The van der Waals surface area contributed by atoms with E-state index in [1.807, 2.05) is 22.1 Å². The van der Waals surface area contributed by atoms with Crippen molar-refractivity contribution < 1.29 is 4.39 Å². The highest BCUT2D eigenvalue weighted by Gasteiger charge is 2.32. The van der Waals surface area contributed by atoms with E-state index in [1.54, 1.807) is 0 Å². The van der Waals surface area contributed by atoms with E-state index in [2.05, 4.69) is 22.9 Å². The normalized spacial score (nSPS) is 35.7. The molecule has 0 spiro atoms. The first kappa shape index (κ1) is 8.67. The molecular weight excluding hydrogens is 246 g/mol. The average molecular weight is 258 g/mol. The van der Waals surface area contributed by atoms with Crippen molar-refractivity contribution in [1.29, 1.82) is 0 Å². The molecule has 2 unspecified atom stereocenters. The number of halogens is 2. The van der Waals surface area contributed by atoms with Crippen molar-refractivity contribution in [2.24, 2.45) is 0 Å². The van der Waals surface area contributed by atoms with Gasteiger partial charge >= 0.3 is 0 Å². The molecule has 4 heteroatoms. The zero-order valence-electron chi connectivity index (χ0n) is 6.22. The van der Waals surface area contributed by atoms with Gasteiger partial charge in [0.1, 0.15) is 6.17 Å². The highest BCUT2D eigenvalue weighted by Crippen LogP contribution is 2.18. The Bertz CT molecular complexity index is 120. The molecule has 0 aromatic rings. The minimum Gasteiger partial charge on any atom is -0.302 e. The Labute approximate surface area is 74.9 Å². The molecule has 1 aliphatic heterocycles. The summed E-state index contributed by atoms with van der Waals surface area (Å²) in [6, 6.07) is 0.0885. The molecule has 0 N–H and O–H groups in total. The van der Waals surface area contributed by atoms with Gasteiger partial charge in [0.25, 0.3) is 0 Å². The van der Waals surface area contributed by atoms with Gasteiger partial charge in [-0.3, -0.25) is 0 Å². The van der Waals surface area contributed by atoms with Crippen LogP contribution in [0.3, 0.4) is 0 Å². The zero-order valence-corrected chi connectivity index (χ0v) is 8.38.